The van der Waals surface area contributed by atoms with Crippen LogP contribution in [-0.2, 0) is 17.8 Å². The highest BCUT2D eigenvalue weighted by molar-refractivity contribution is 5.92. The van der Waals surface area contributed by atoms with Crippen molar-refractivity contribution in [3.05, 3.63) is 58.9 Å². The lowest BCUT2D eigenvalue weighted by molar-refractivity contribution is -0.126. The molecular formula is C16H15N3O3. The zero-order valence-corrected chi connectivity index (χ0v) is 11.8. The maximum Gasteiger partial charge on any atom is 0.356 e. The van der Waals surface area contributed by atoms with Gasteiger partial charge in [0.1, 0.15) is 0 Å². The molecule has 0 saturated heterocycles. The Balaban J connectivity index is 1.74. The number of carboxylic acids is 1. The van der Waals surface area contributed by atoms with Gasteiger partial charge in [0.05, 0.1) is 6.54 Å². The van der Waals surface area contributed by atoms with Gasteiger partial charge in [-0.25, -0.2) is 4.79 Å². The lowest BCUT2D eigenvalue weighted by atomic mass is 10.1. The Morgan fingerprint density at radius 1 is 1.27 bits per heavy atom. The number of aromatic nitrogens is 2. The molecule has 112 valence electrons. The van der Waals surface area contributed by atoms with E-state index in [1.54, 1.807) is 11.0 Å². The first kappa shape index (κ1) is 14.1. The largest absolute Gasteiger partial charge is 0.476 e. The summed E-state index contributed by atoms with van der Waals surface area (Å²) >= 11 is 0. The number of fused-ring (bicyclic) bond motifs is 1. The number of carbonyl (C=O) groups excluding carboxylic acids is 1. The topological polar surface area (TPSA) is 86.3 Å². The van der Waals surface area contributed by atoms with Crippen molar-refractivity contribution in [3.8, 4) is 0 Å². The molecule has 2 aromatic rings. The second-order valence-electron chi connectivity index (χ2n) is 5.09. The lowest BCUT2D eigenvalue weighted by Gasteiger charge is -2.25. The van der Waals surface area contributed by atoms with Crippen LogP contribution in [0.1, 0.15) is 27.3 Å². The second kappa shape index (κ2) is 5.85. The Labute approximate surface area is 127 Å². The summed E-state index contributed by atoms with van der Waals surface area (Å²) in [6.07, 6.45) is 3.85. The number of nitrogens with zero attached hydrogens (tertiary/aromatic N) is 2. The number of nitrogens with one attached hydrogen (secondary N) is 1. The second-order valence-corrected chi connectivity index (χ2v) is 5.09. The smallest absolute Gasteiger partial charge is 0.356 e. The van der Waals surface area contributed by atoms with Crippen LogP contribution in [0.2, 0.25) is 0 Å². The number of aromatic carboxylic acids is 1. The number of benzene rings is 1. The molecule has 1 aromatic carbocycles. The summed E-state index contributed by atoms with van der Waals surface area (Å²) < 4.78 is 0. The molecule has 0 saturated carbocycles. The van der Waals surface area contributed by atoms with Crippen molar-refractivity contribution >= 4 is 18.0 Å². The minimum Gasteiger partial charge on any atom is -0.476 e. The van der Waals surface area contributed by atoms with Gasteiger partial charge in [-0.3, -0.25) is 9.89 Å². The van der Waals surface area contributed by atoms with Crippen molar-refractivity contribution in [2.24, 2.45) is 0 Å². The fraction of sp³-hybridized carbons (Fsp3) is 0.188. The van der Waals surface area contributed by atoms with Crippen molar-refractivity contribution in [2.75, 3.05) is 6.54 Å². The summed E-state index contributed by atoms with van der Waals surface area (Å²) in [6.45, 7) is 0.817. The van der Waals surface area contributed by atoms with Crippen LogP contribution < -0.4 is 0 Å². The number of amides is 1. The van der Waals surface area contributed by atoms with Crippen molar-refractivity contribution in [1.29, 1.82) is 0 Å². The first-order chi connectivity index (χ1) is 10.6. The maximum absolute atomic E-state index is 12.2. The summed E-state index contributed by atoms with van der Waals surface area (Å²) in [5, 5.41) is 15.6. The van der Waals surface area contributed by atoms with Crippen molar-refractivity contribution in [1.82, 2.24) is 15.1 Å². The van der Waals surface area contributed by atoms with Gasteiger partial charge in [-0.2, -0.15) is 5.10 Å². The molecule has 1 aliphatic heterocycles. The number of H-pyrrole nitrogens is 1. The molecule has 1 aromatic heterocycles. The molecule has 0 unspecified atom stereocenters. The number of rotatable bonds is 3. The molecule has 0 bridgehead atoms. The molecule has 0 atom stereocenters. The number of aromatic amines is 1. The van der Waals surface area contributed by atoms with E-state index in [4.69, 9.17) is 5.11 Å². The Kier molecular flexibility index (Phi) is 3.74. The standard InChI is InChI=1S/C16H15N3O3/c20-14(7-6-11-4-2-1-3-5-11)19-9-8-13-12(10-19)15(16(21)22)18-17-13/h1-7H,8-10H2,(H,17,18)(H,21,22). The third kappa shape index (κ3) is 2.76. The van der Waals surface area contributed by atoms with Crippen molar-refractivity contribution < 1.29 is 14.7 Å². The highest BCUT2D eigenvalue weighted by Crippen LogP contribution is 2.20. The van der Waals surface area contributed by atoms with Gasteiger partial charge in [-0.05, 0) is 11.6 Å². The van der Waals surface area contributed by atoms with Crippen LogP contribution in [0.3, 0.4) is 0 Å². The van der Waals surface area contributed by atoms with Gasteiger partial charge in [-0.1, -0.05) is 30.3 Å². The average molecular weight is 297 g/mol. The molecule has 0 fully saturated rings. The Morgan fingerprint density at radius 3 is 2.77 bits per heavy atom. The zero-order chi connectivity index (χ0) is 15.5. The summed E-state index contributed by atoms with van der Waals surface area (Å²) in [4.78, 5) is 25.0. The number of carboxylic acid groups (broad SMARTS) is 1. The van der Waals surface area contributed by atoms with Crippen LogP contribution in [0.25, 0.3) is 6.08 Å². The minimum absolute atomic E-state index is 0.000427. The van der Waals surface area contributed by atoms with Gasteiger partial charge < -0.3 is 10.0 Å². The molecule has 1 aliphatic rings. The molecule has 0 aliphatic carbocycles. The highest BCUT2D eigenvalue weighted by Gasteiger charge is 2.26. The molecule has 22 heavy (non-hydrogen) atoms. The van der Waals surface area contributed by atoms with Crippen LogP contribution >= 0.6 is 0 Å². The van der Waals surface area contributed by atoms with E-state index in [1.165, 1.54) is 6.08 Å². The van der Waals surface area contributed by atoms with Crippen LogP contribution in [0, 0.1) is 0 Å². The van der Waals surface area contributed by atoms with E-state index in [2.05, 4.69) is 10.2 Å². The van der Waals surface area contributed by atoms with Crippen molar-refractivity contribution in [3.63, 3.8) is 0 Å². The first-order valence-electron chi connectivity index (χ1n) is 6.96. The van der Waals surface area contributed by atoms with Crippen LogP contribution in [0.15, 0.2) is 36.4 Å². The van der Waals surface area contributed by atoms with Gasteiger partial charge in [0.15, 0.2) is 5.69 Å². The number of hydrogen-bond donors (Lipinski definition) is 2. The molecular weight excluding hydrogens is 282 g/mol. The van der Waals surface area contributed by atoms with Gasteiger partial charge in [0.2, 0.25) is 5.91 Å². The molecule has 2 N–H and O–H groups in total. The molecule has 3 rings (SSSR count). The number of carbonyl (C=O) groups is 2. The minimum atomic E-state index is -1.08. The average Bonchev–Trinajstić information content (AvgIpc) is 2.96. The predicted molar refractivity (Wildman–Crippen MR) is 80.1 cm³/mol. The fourth-order valence-electron chi connectivity index (χ4n) is 2.50. The Bertz CT molecular complexity index is 734. The van der Waals surface area contributed by atoms with E-state index in [0.717, 1.165) is 11.3 Å². The quantitative estimate of drug-likeness (QED) is 0.844. The van der Waals surface area contributed by atoms with Gasteiger partial charge >= 0.3 is 5.97 Å². The Hall–Kier alpha value is -2.89. The van der Waals surface area contributed by atoms with Crippen LogP contribution in [0.5, 0.6) is 0 Å². The van der Waals surface area contributed by atoms with Crippen LogP contribution in [-0.4, -0.2) is 38.6 Å². The maximum atomic E-state index is 12.2. The predicted octanol–water partition coefficient (Wildman–Crippen LogP) is 1.71. The van der Waals surface area contributed by atoms with Crippen molar-refractivity contribution in [2.45, 2.75) is 13.0 Å². The molecule has 0 radical (unpaired) electrons. The van der Waals surface area contributed by atoms with Gasteiger partial charge in [-0.15, -0.1) is 0 Å². The monoisotopic (exact) mass is 297 g/mol. The summed E-state index contributed by atoms with van der Waals surface area (Å²) in [6, 6.07) is 9.55. The summed E-state index contributed by atoms with van der Waals surface area (Å²) in [5.41, 5.74) is 2.34. The van der Waals surface area contributed by atoms with E-state index < -0.39 is 5.97 Å². The molecule has 6 nitrogen and oxygen atoms in total. The van der Waals surface area contributed by atoms with E-state index in [0.29, 0.717) is 18.5 Å². The van der Waals surface area contributed by atoms with E-state index in [9.17, 15) is 9.59 Å². The van der Waals surface area contributed by atoms with Gasteiger partial charge in [0.25, 0.3) is 0 Å². The Morgan fingerprint density at radius 2 is 2.05 bits per heavy atom. The molecule has 0 spiro atoms. The third-order valence-electron chi connectivity index (χ3n) is 3.67. The summed E-state index contributed by atoms with van der Waals surface area (Å²) in [5.74, 6) is -1.21. The van der Waals surface area contributed by atoms with E-state index >= 15 is 0 Å². The first-order valence-corrected chi connectivity index (χ1v) is 6.96. The molecule has 2 heterocycles. The van der Waals surface area contributed by atoms with E-state index in [1.807, 2.05) is 30.3 Å². The lowest BCUT2D eigenvalue weighted by Crippen LogP contribution is -2.35. The summed E-state index contributed by atoms with van der Waals surface area (Å²) in [7, 11) is 0. The molecule has 6 heteroatoms. The van der Waals surface area contributed by atoms with E-state index in [-0.39, 0.29) is 18.1 Å². The zero-order valence-electron chi connectivity index (χ0n) is 11.8. The normalized spacial score (nSPS) is 14.1. The molecule has 1 amide bonds. The van der Waals surface area contributed by atoms with Gasteiger partial charge in [0, 0.05) is 30.3 Å². The number of hydrogen-bond acceptors (Lipinski definition) is 3. The fourth-order valence-corrected chi connectivity index (χ4v) is 2.50. The highest BCUT2D eigenvalue weighted by atomic mass is 16.4. The third-order valence-corrected chi connectivity index (χ3v) is 3.67. The van der Waals surface area contributed by atoms with Crippen LogP contribution in [0.4, 0.5) is 0 Å². The SMILES string of the molecule is O=C(O)c1n[nH]c2c1CN(C(=O)C=Cc1ccccc1)CC2.